The Bertz CT molecular complexity index is 644. The fourth-order valence-electron chi connectivity index (χ4n) is 2.47. The van der Waals surface area contributed by atoms with Crippen LogP contribution < -0.4 is 10.1 Å². The van der Waals surface area contributed by atoms with E-state index in [1.807, 2.05) is 6.07 Å². The van der Waals surface area contributed by atoms with Gasteiger partial charge in [0.05, 0.1) is 7.11 Å². The van der Waals surface area contributed by atoms with Crippen molar-refractivity contribution in [3.63, 3.8) is 0 Å². The molecule has 0 aliphatic heterocycles. The number of benzene rings is 1. The zero-order valence-corrected chi connectivity index (χ0v) is 13.8. The van der Waals surface area contributed by atoms with Gasteiger partial charge < -0.3 is 15.2 Å². The number of ether oxygens (including phenoxy) is 1. The Balaban J connectivity index is 2.24. The fourth-order valence-corrected chi connectivity index (χ4v) is 2.92. The van der Waals surface area contributed by atoms with Crippen LogP contribution in [-0.4, -0.2) is 24.2 Å². The molecule has 1 aromatic carbocycles. The average Bonchev–Trinajstić information content (AvgIpc) is 2.99. The van der Waals surface area contributed by atoms with Crippen LogP contribution in [0.4, 0.5) is 0 Å². The molecular weight excluding hydrogens is 348 g/mol. The lowest BCUT2D eigenvalue weighted by atomic mass is 10.1. The molecule has 1 aliphatic carbocycles. The SMILES string of the molecule is COc1cc(/C=C(/C#N)C(=O)NC2CCCC2)c(Br)cc1O. The molecule has 0 bridgehead atoms. The van der Waals surface area contributed by atoms with Gasteiger partial charge in [0.25, 0.3) is 5.91 Å². The second-order valence-corrected chi connectivity index (χ2v) is 6.02. The first kappa shape index (κ1) is 16.4. The number of halogens is 1. The Labute approximate surface area is 137 Å². The number of carbonyl (C=O) groups excluding carboxylic acids is 1. The number of nitrogens with zero attached hydrogens (tertiary/aromatic N) is 1. The number of hydrogen-bond acceptors (Lipinski definition) is 4. The summed E-state index contributed by atoms with van der Waals surface area (Å²) in [5.74, 6) is -0.100. The Morgan fingerprint density at radius 3 is 2.77 bits per heavy atom. The second-order valence-electron chi connectivity index (χ2n) is 5.17. The van der Waals surface area contributed by atoms with Gasteiger partial charge in [-0.1, -0.05) is 28.8 Å². The third kappa shape index (κ3) is 3.80. The van der Waals surface area contributed by atoms with Crippen molar-refractivity contribution >= 4 is 27.9 Å². The molecule has 0 unspecified atom stereocenters. The summed E-state index contributed by atoms with van der Waals surface area (Å²) in [4.78, 5) is 12.2. The molecule has 2 rings (SSSR count). The van der Waals surface area contributed by atoms with E-state index >= 15 is 0 Å². The number of nitrogens with one attached hydrogen (secondary N) is 1. The summed E-state index contributed by atoms with van der Waals surface area (Å²) in [5.41, 5.74) is 0.619. The molecule has 0 heterocycles. The molecule has 1 fully saturated rings. The molecule has 22 heavy (non-hydrogen) atoms. The van der Waals surface area contributed by atoms with Crippen LogP contribution in [0.25, 0.3) is 6.08 Å². The Kier molecular flexibility index (Phi) is 5.45. The first-order chi connectivity index (χ1) is 10.5. The number of rotatable bonds is 4. The van der Waals surface area contributed by atoms with Crippen LogP contribution in [0.3, 0.4) is 0 Å². The van der Waals surface area contributed by atoms with Crippen LogP contribution in [0, 0.1) is 11.3 Å². The first-order valence-corrected chi connectivity index (χ1v) is 7.83. The second kappa shape index (κ2) is 7.32. The summed E-state index contributed by atoms with van der Waals surface area (Å²) in [5, 5.41) is 21.8. The van der Waals surface area contributed by atoms with Crippen molar-refractivity contribution in [3.8, 4) is 17.6 Å². The monoisotopic (exact) mass is 364 g/mol. The molecule has 0 spiro atoms. The number of phenols is 1. The van der Waals surface area contributed by atoms with Gasteiger partial charge in [-0.15, -0.1) is 0 Å². The van der Waals surface area contributed by atoms with Gasteiger partial charge >= 0.3 is 0 Å². The molecule has 2 N–H and O–H groups in total. The summed E-state index contributed by atoms with van der Waals surface area (Å²) in [6.07, 6.45) is 5.62. The number of phenolic OH excluding ortho intramolecular Hbond substituents is 1. The van der Waals surface area contributed by atoms with E-state index in [1.54, 1.807) is 6.07 Å². The summed E-state index contributed by atoms with van der Waals surface area (Å²) in [7, 11) is 1.44. The molecule has 5 nitrogen and oxygen atoms in total. The summed E-state index contributed by atoms with van der Waals surface area (Å²) in [6.45, 7) is 0. The van der Waals surface area contributed by atoms with Crippen molar-refractivity contribution in [2.75, 3.05) is 7.11 Å². The fraction of sp³-hybridized carbons (Fsp3) is 0.375. The largest absolute Gasteiger partial charge is 0.504 e. The van der Waals surface area contributed by atoms with Crippen LogP contribution in [0.5, 0.6) is 11.5 Å². The van der Waals surface area contributed by atoms with Crippen LogP contribution in [0.1, 0.15) is 31.2 Å². The van der Waals surface area contributed by atoms with E-state index in [-0.39, 0.29) is 29.0 Å². The number of hydrogen-bond donors (Lipinski definition) is 2. The third-order valence-electron chi connectivity index (χ3n) is 3.65. The molecule has 1 aromatic rings. The van der Waals surface area contributed by atoms with Gasteiger partial charge in [-0.2, -0.15) is 5.26 Å². The number of amides is 1. The van der Waals surface area contributed by atoms with E-state index in [4.69, 9.17) is 4.74 Å². The zero-order chi connectivity index (χ0) is 16.1. The highest BCUT2D eigenvalue weighted by atomic mass is 79.9. The Hall–Kier alpha value is -2.00. The number of nitriles is 1. The quantitative estimate of drug-likeness (QED) is 0.635. The molecule has 116 valence electrons. The summed E-state index contributed by atoms with van der Waals surface area (Å²) >= 11 is 3.30. The van der Waals surface area contributed by atoms with E-state index in [2.05, 4.69) is 21.2 Å². The minimum absolute atomic E-state index is 0.0135. The first-order valence-electron chi connectivity index (χ1n) is 7.04. The maximum absolute atomic E-state index is 12.2. The van der Waals surface area contributed by atoms with Crippen molar-refractivity contribution in [2.45, 2.75) is 31.7 Å². The highest BCUT2D eigenvalue weighted by molar-refractivity contribution is 9.10. The smallest absolute Gasteiger partial charge is 0.262 e. The third-order valence-corrected chi connectivity index (χ3v) is 4.34. The van der Waals surface area contributed by atoms with E-state index in [0.29, 0.717) is 10.0 Å². The van der Waals surface area contributed by atoms with Gasteiger partial charge in [0.1, 0.15) is 11.6 Å². The van der Waals surface area contributed by atoms with E-state index < -0.39 is 0 Å². The lowest BCUT2D eigenvalue weighted by molar-refractivity contribution is -0.117. The van der Waals surface area contributed by atoms with Crippen LogP contribution in [0.2, 0.25) is 0 Å². The maximum atomic E-state index is 12.2. The normalized spacial score (nSPS) is 15.4. The standard InChI is InChI=1S/C16H17BrN2O3/c1-22-15-7-10(13(17)8-14(15)20)6-11(9-18)16(21)19-12-4-2-3-5-12/h6-8,12,20H,2-5H2,1H3,(H,19,21)/b11-6-. The van der Waals surface area contributed by atoms with E-state index in [0.717, 1.165) is 25.7 Å². The molecule has 0 saturated heterocycles. The summed E-state index contributed by atoms with van der Waals surface area (Å²) < 4.78 is 5.62. The van der Waals surface area contributed by atoms with Crippen molar-refractivity contribution in [1.29, 1.82) is 5.26 Å². The molecule has 0 radical (unpaired) electrons. The van der Waals surface area contributed by atoms with Crippen molar-refractivity contribution in [3.05, 3.63) is 27.7 Å². The predicted octanol–water partition coefficient (Wildman–Crippen LogP) is 3.13. The highest BCUT2D eigenvalue weighted by Crippen LogP contribution is 2.33. The number of methoxy groups -OCH3 is 1. The number of aromatic hydroxyl groups is 1. The Morgan fingerprint density at radius 2 is 2.18 bits per heavy atom. The number of carbonyl (C=O) groups is 1. The molecule has 6 heteroatoms. The molecule has 1 amide bonds. The topological polar surface area (TPSA) is 82.3 Å². The van der Waals surface area contributed by atoms with Crippen molar-refractivity contribution in [2.24, 2.45) is 0 Å². The van der Waals surface area contributed by atoms with Crippen molar-refractivity contribution < 1.29 is 14.6 Å². The zero-order valence-electron chi connectivity index (χ0n) is 12.2. The minimum atomic E-state index is -0.367. The molecule has 0 atom stereocenters. The lowest BCUT2D eigenvalue weighted by Crippen LogP contribution is -2.33. The Morgan fingerprint density at radius 1 is 1.50 bits per heavy atom. The van der Waals surface area contributed by atoms with Crippen LogP contribution in [-0.2, 0) is 4.79 Å². The van der Waals surface area contributed by atoms with Crippen LogP contribution in [0.15, 0.2) is 22.2 Å². The molecular formula is C16H17BrN2O3. The molecule has 1 aliphatic rings. The van der Waals surface area contributed by atoms with Gasteiger partial charge in [-0.3, -0.25) is 4.79 Å². The molecule has 0 aromatic heterocycles. The van der Waals surface area contributed by atoms with Crippen LogP contribution >= 0.6 is 15.9 Å². The predicted molar refractivity (Wildman–Crippen MR) is 86.3 cm³/mol. The van der Waals surface area contributed by atoms with Crippen molar-refractivity contribution in [1.82, 2.24) is 5.32 Å². The molecule has 1 saturated carbocycles. The van der Waals surface area contributed by atoms with Gasteiger partial charge in [0.15, 0.2) is 11.5 Å². The minimum Gasteiger partial charge on any atom is -0.504 e. The van der Waals surface area contributed by atoms with Gasteiger partial charge in [-0.05, 0) is 36.6 Å². The van der Waals surface area contributed by atoms with Gasteiger partial charge in [0, 0.05) is 10.5 Å². The average molecular weight is 365 g/mol. The van der Waals surface area contributed by atoms with Gasteiger partial charge in [-0.25, -0.2) is 0 Å². The maximum Gasteiger partial charge on any atom is 0.262 e. The highest BCUT2D eigenvalue weighted by Gasteiger charge is 2.19. The van der Waals surface area contributed by atoms with E-state index in [9.17, 15) is 15.2 Å². The van der Waals surface area contributed by atoms with Gasteiger partial charge in [0.2, 0.25) is 0 Å². The lowest BCUT2D eigenvalue weighted by Gasteiger charge is -2.11. The summed E-state index contributed by atoms with van der Waals surface area (Å²) in [6, 6.07) is 5.12. The van der Waals surface area contributed by atoms with E-state index in [1.165, 1.54) is 19.3 Å².